The minimum atomic E-state index is 0.0550. The van der Waals surface area contributed by atoms with Crippen LogP contribution in [0.2, 0.25) is 0 Å². The van der Waals surface area contributed by atoms with Crippen LogP contribution in [-0.2, 0) is 28.9 Å². The van der Waals surface area contributed by atoms with E-state index in [-0.39, 0.29) is 5.91 Å². The van der Waals surface area contributed by atoms with Gasteiger partial charge in [0.2, 0.25) is 5.91 Å². The van der Waals surface area contributed by atoms with Crippen LogP contribution in [0.4, 0.5) is 0 Å². The lowest BCUT2D eigenvalue weighted by Gasteiger charge is -2.36. The topological polar surface area (TPSA) is 99.9 Å². The van der Waals surface area contributed by atoms with Gasteiger partial charge in [-0.1, -0.05) is 6.42 Å². The molecule has 2 aliphatic heterocycles. The number of piperazine rings is 1. The SMILES string of the molecule is CN=C(NCCCc1nnc2n1CCCCC2)N1CCN(CC(=O)NCCOC)CC1. The monoisotopic (exact) mass is 434 g/mol. The maximum atomic E-state index is 12.0. The molecular formula is C21H38N8O2. The molecule has 2 aliphatic rings. The zero-order chi connectivity index (χ0) is 21.9. The van der Waals surface area contributed by atoms with Gasteiger partial charge in [-0.25, -0.2) is 0 Å². The molecule has 1 aromatic heterocycles. The number of rotatable bonds is 9. The molecule has 174 valence electrons. The Morgan fingerprint density at radius 1 is 1.06 bits per heavy atom. The Labute approximate surface area is 185 Å². The third kappa shape index (κ3) is 7.17. The molecule has 31 heavy (non-hydrogen) atoms. The molecule has 1 aromatic rings. The van der Waals surface area contributed by atoms with Crippen LogP contribution in [0.15, 0.2) is 4.99 Å². The molecule has 3 heterocycles. The molecule has 0 unspecified atom stereocenters. The fourth-order valence-corrected chi connectivity index (χ4v) is 4.18. The highest BCUT2D eigenvalue weighted by molar-refractivity contribution is 5.80. The normalized spacial score (nSPS) is 17.9. The number of aromatic nitrogens is 3. The van der Waals surface area contributed by atoms with Gasteiger partial charge in [0.25, 0.3) is 0 Å². The van der Waals surface area contributed by atoms with Gasteiger partial charge in [-0.05, 0) is 19.3 Å². The summed E-state index contributed by atoms with van der Waals surface area (Å²) in [5, 5.41) is 15.2. The summed E-state index contributed by atoms with van der Waals surface area (Å²) >= 11 is 0. The number of nitrogens with one attached hydrogen (secondary N) is 2. The Morgan fingerprint density at radius 2 is 1.90 bits per heavy atom. The average molecular weight is 435 g/mol. The summed E-state index contributed by atoms with van der Waals surface area (Å²) < 4.78 is 7.29. The number of ether oxygens (including phenoxy) is 1. The van der Waals surface area contributed by atoms with Crippen LogP contribution in [0.25, 0.3) is 0 Å². The summed E-state index contributed by atoms with van der Waals surface area (Å²) in [7, 11) is 3.46. The van der Waals surface area contributed by atoms with Crippen LogP contribution in [-0.4, -0.2) is 103 Å². The van der Waals surface area contributed by atoms with Crippen LogP contribution in [0.1, 0.15) is 37.3 Å². The van der Waals surface area contributed by atoms with Crippen LogP contribution >= 0.6 is 0 Å². The minimum absolute atomic E-state index is 0.0550. The van der Waals surface area contributed by atoms with Crippen molar-refractivity contribution < 1.29 is 9.53 Å². The third-order valence-corrected chi connectivity index (χ3v) is 5.93. The van der Waals surface area contributed by atoms with Gasteiger partial charge in [0.1, 0.15) is 11.6 Å². The number of amides is 1. The first kappa shape index (κ1) is 23.5. The Balaban J connectivity index is 1.35. The number of guanidine groups is 1. The van der Waals surface area contributed by atoms with Gasteiger partial charge < -0.3 is 24.8 Å². The molecule has 0 aliphatic carbocycles. The van der Waals surface area contributed by atoms with Crippen LogP contribution < -0.4 is 10.6 Å². The molecule has 1 amide bonds. The summed E-state index contributed by atoms with van der Waals surface area (Å²) in [6, 6.07) is 0. The standard InChI is InChI=1S/C21H38N8O2/c1-22-21(28-14-12-27(13-15-28)17-20(30)23-10-16-31-2)24-9-6-8-19-26-25-18-7-4-3-5-11-29(18)19/h3-17H2,1-2H3,(H,22,24)(H,23,30). The number of aryl methyl sites for hydroxylation is 2. The molecule has 0 atom stereocenters. The number of nitrogens with zero attached hydrogens (tertiary/aromatic N) is 6. The summed E-state index contributed by atoms with van der Waals surface area (Å²) in [5.41, 5.74) is 0. The molecule has 0 saturated carbocycles. The smallest absolute Gasteiger partial charge is 0.234 e. The first-order valence-electron chi connectivity index (χ1n) is 11.6. The van der Waals surface area contributed by atoms with Crippen LogP contribution in [0.5, 0.6) is 0 Å². The average Bonchev–Trinajstić information content (AvgIpc) is 3.00. The van der Waals surface area contributed by atoms with Gasteiger partial charge in [-0.3, -0.25) is 14.7 Å². The van der Waals surface area contributed by atoms with Gasteiger partial charge >= 0.3 is 0 Å². The number of fused-ring (bicyclic) bond motifs is 1. The lowest BCUT2D eigenvalue weighted by molar-refractivity contribution is -0.122. The second-order valence-electron chi connectivity index (χ2n) is 8.18. The molecule has 2 N–H and O–H groups in total. The predicted molar refractivity (Wildman–Crippen MR) is 120 cm³/mol. The van der Waals surface area contributed by atoms with E-state index in [1.165, 1.54) is 19.3 Å². The molecule has 0 spiro atoms. The number of hydrogen-bond donors (Lipinski definition) is 2. The van der Waals surface area contributed by atoms with E-state index in [1.807, 2.05) is 7.05 Å². The maximum absolute atomic E-state index is 12.0. The highest BCUT2D eigenvalue weighted by Crippen LogP contribution is 2.15. The minimum Gasteiger partial charge on any atom is -0.383 e. The zero-order valence-corrected chi connectivity index (χ0v) is 19.1. The largest absolute Gasteiger partial charge is 0.383 e. The van der Waals surface area contributed by atoms with Crippen LogP contribution in [0, 0.1) is 0 Å². The van der Waals surface area contributed by atoms with Crippen molar-refractivity contribution >= 4 is 11.9 Å². The Morgan fingerprint density at radius 3 is 2.68 bits per heavy atom. The van der Waals surface area contributed by atoms with Crippen molar-refractivity contribution in [3.63, 3.8) is 0 Å². The van der Waals surface area contributed by atoms with Crippen molar-refractivity contribution in [1.82, 2.24) is 35.2 Å². The van der Waals surface area contributed by atoms with E-state index in [2.05, 4.69) is 40.2 Å². The first-order chi connectivity index (χ1) is 15.2. The zero-order valence-electron chi connectivity index (χ0n) is 19.1. The summed E-state index contributed by atoms with van der Waals surface area (Å²) in [6.45, 7) is 6.88. The number of aliphatic imine (C=N–C) groups is 1. The second-order valence-corrected chi connectivity index (χ2v) is 8.18. The van der Waals surface area contributed by atoms with Crippen molar-refractivity contribution in [3.8, 4) is 0 Å². The lowest BCUT2D eigenvalue weighted by Crippen LogP contribution is -2.54. The van der Waals surface area contributed by atoms with Crippen molar-refractivity contribution in [2.75, 3.05) is 66.6 Å². The van der Waals surface area contributed by atoms with Crippen molar-refractivity contribution in [2.45, 2.75) is 45.1 Å². The summed E-state index contributed by atoms with van der Waals surface area (Å²) in [6.07, 6.45) is 6.72. The Kier molecular flexibility index (Phi) is 9.54. The Bertz CT molecular complexity index is 712. The van der Waals surface area contributed by atoms with E-state index >= 15 is 0 Å². The van der Waals surface area contributed by atoms with Gasteiger partial charge in [-0.15, -0.1) is 10.2 Å². The van der Waals surface area contributed by atoms with E-state index in [0.717, 1.165) is 76.1 Å². The van der Waals surface area contributed by atoms with Gasteiger partial charge in [0, 0.05) is 72.8 Å². The number of methoxy groups -OCH3 is 1. The highest BCUT2D eigenvalue weighted by atomic mass is 16.5. The fourth-order valence-electron chi connectivity index (χ4n) is 4.18. The van der Waals surface area contributed by atoms with Crippen molar-refractivity contribution in [2.24, 2.45) is 4.99 Å². The van der Waals surface area contributed by atoms with E-state index < -0.39 is 0 Å². The van der Waals surface area contributed by atoms with E-state index in [4.69, 9.17) is 4.74 Å². The van der Waals surface area contributed by atoms with Crippen molar-refractivity contribution in [3.05, 3.63) is 11.6 Å². The number of carbonyl (C=O) groups is 1. The molecule has 0 bridgehead atoms. The van der Waals surface area contributed by atoms with Gasteiger partial charge in [0.15, 0.2) is 5.96 Å². The second kappa shape index (κ2) is 12.6. The fraction of sp³-hybridized carbons (Fsp3) is 0.810. The molecule has 1 saturated heterocycles. The summed E-state index contributed by atoms with van der Waals surface area (Å²) in [5.74, 6) is 3.26. The van der Waals surface area contributed by atoms with E-state index in [1.54, 1.807) is 7.11 Å². The molecule has 3 rings (SSSR count). The predicted octanol–water partition coefficient (Wildman–Crippen LogP) is -0.107. The molecule has 0 aromatic carbocycles. The number of hydrogen-bond acceptors (Lipinski definition) is 6. The highest BCUT2D eigenvalue weighted by Gasteiger charge is 2.21. The van der Waals surface area contributed by atoms with Crippen LogP contribution in [0.3, 0.4) is 0 Å². The Hall–Kier alpha value is -2.20. The molecule has 10 nitrogen and oxygen atoms in total. The quantitative estimate of drug-likeness (QED) is 0.318. The molecular weight excluding hydrogens is 396 g/mol. The van der Waals surface area contributed by atoms with E-state index in [0.29, 0.717) is 19.7 Å². The van der Waals surface area contributed by atoms with Gasteiger partial charge in [0.05, 0.1) is 13.2 Å². The first-order valence-corrected chi connectivity index (χ1v) is 11.6. The maximum Gasteiger partial charge on any atom is 0.234 e. The van der Waals surface area contributed by atoms with Gasteiger partial charge in [-0.2, -0.15) is 0 Å². The van der Waals surface area contributed by atoms with E-state index in [9.17, 15) is 4.79 Å². The molecule has 1 fully saturated rings. The van der Waals surface area contributed by atoms with Crippen molar-refractivity contribution in [1.29, 1.82) is 0 Å². The lowest BCUT2D eigenvalue weighted by atomic mass is 10.2. The summed E-state index contributed by atoms with van der Waals surface area (Å²) in [4.78, 5) is 20.9. The number of carbonyl (C=O) groups excluding carboxylic acids is 1. The molecule has 0 radical (unpaired) electrons. The third-order valence-electron chi connectivity index (χ3n) is 5.93. The molecule has 10 heteroatoms.